The molecule has 0 saturated carbocycles. The lowest BCUT2D eigenvalue weighted by molar-refractivity contribution is 0.122. The lowest BCUT2D eigenvalue weighted by atomic mass is 10.2. The van der Waals surface area contributed by atoms with Crippen molar-refractivity contribution < 1.29 is 4.74 Å². The van der Waals surface area contributed by atoms with Gasteiger partial charge >= 0.3 is 0 Å². The van der Waals surface area contributed by atoms with Crippen molar-refractivity contribution in [2.45, 2.75) is 26.2 Å². The van der Waals surface area contributed by atoms with Crippen LogP contribution in [0.3, 0.4) is 0 Å². The first-order valence-corrected chi connectivity index (χ1v) is 5.62. The Kier molecular flexibility index (Phi) is 9.24. The van der Waals surface area contributed by atoms with Crippen LogP contribution in [0.2, 0.25) is 0 Å². The molecule has 4 heteroatoms. The molecule has 0 spiro atoms. The van der Waals surface area contributed by atoms with E-state index in [9.17, 15) is 0 Å². The summed E-state index contributed by atoms with van der Waals surface area (Å²) in [5.41, 5.74) is 5.41. The summed E-state index contributed by atoms with van der Waals surface area (Å²) >= 11 is 4.80. The van der Waals surface area contributed by atoms with E-state index in [4.69, 9.17) is 22.7 Å². The van der Waals surface area contributed by atoms with Crippen LogP contribution in [0.15, 0.2) is 0 Å². The molecule has 0 aliphatic rings. The van der Waals surface area contributed by atoms with Gasteiger partial charge in [0.15, 0.2) is 0 Å². The summed E-state index contributed by atoms with van der Waals surface area (Å²) in [6.07, 6.45) is 3.11. The van der Waals surface area contributed by atoms with E-state index in [1.807, 2.05) is 6.92 Å². The first-order valence-electron chi connectivity index (χ1n) is 5.21. The van der Waals surface area contributed by atoms with Crippen LogP contribution in [-0.2, 0) is 4.74 Å². The molecule has 0 bridgehead atoms. The van der Waals surface area contributed by atoms with Crippen molar-refractivity contribution >= 4 is 17.2 Å². The smallest absolute Gasteiger partial charge is 0.0727 e. The van der Waals surface area contributed by atoms with Crippen molar-refractivity contribution in [3.63, 3.8) is 0 Å². The average Bonchev–Trinajstić information content (AvgIpc) is 2.13. The Balaban J connectivity index is 3.18. The molecular weight excluding hydrogens is 196 g/mol. The first kappa shape index (κ1) is 13.8. The predicted octanol–water partition coefficient (Wildman–Crippen LogP) is 1.41. The van der Waals surface area contributed by atoms with Crippen LogP contribution in [0.1, 0.15) is 26.2 Å². The van der Waals surface area contributed by atoms with Gasteiger partial charge in [-0.25, -0.2) is 0 Å². The van der Waals surface area contributed by atoms with Gasteiger partial charge in [-0.2, -0.15) is 0 Å². The van der Waals surface area contributed by atoms with Crippen LogP contribution in [0.5, 0.6) is 0 Å². The van der Waals surface area contributed by atoms with E-state index in [-0.39, 0.29) is 0 Å². The molecule has 0 radical (unpaired) electrons. The van der Waals surface area contributed by atoms with Gasteiger partial charge in [0.2, 0.25) is 0 Å². The number of hydrogen-bond donors (Lipinski definition) is 1. The van der Waals surface area contributed by atoms with Crippen LogP contribution < -0.4 is 5.73 Å². The molecule has 0 saturated heterocycles. The molecule has 14 heavy (non-hydrogen) atoms. The van der Waals surface area contributed by atoms with E-state index in [0.717, 1.165) is 45.6 Å². The van der Waals surface area contributed by atoms with E-state index in [1.54, 1.807) is 0 Å². The molecule has 0 atom stereocenters. The van der Waals surface area contributed by atoms with Crippen molar-refractivity contribution in [2.75, 3.05) is 33.4 Å². The minimum absolute atomic E-state index is 0.627. The molecule has 0 unspecified atom stereocenters. The third kappa shape index (κ3) is 9.89. The second-order valence-electron chi connectivity index (χ2n) is 3.42. The highest BCUT2D eigenvalue weighted by atomic mass is 32.1. The Hall–Kier alpha value is -0.190. The lowest BCUT2D eigenvalue weighted by Crippen LogP contribution is -2.24. The third-order valence-corrected chi connectivity index (χ3v) is 2.24. The highest BCUT2D eigenvalue weighted by Crippen LogP contribution is 1.97. The molecule has 0 heterocycles. The topological polar surface area (TPSA) is 38.5 Å². The van der Waals surface area contributed by atoms with Crippen LogP contribution in [0.4, 0.5) is 0 Å². The van der Waals surface area contributed by atoms with E-state index < -0.39 is 0 Å². The molecule has 0 amide bonds. The van der Waals surface area contributed by atoms with Crippen LogP contribution in [-0.4, -0.2) is 43.2 Å². The zero-order chi connectivity index (χ0) is 10.8. The summed E-state index contributed by atoms with van der Waals surface area (Å²) < 4.78 is 5.27. The van der Waals surface area contributed by atoms with Crippen molar-refractivity contribution in [1.29, 1.82) is 0 Å². The molecule has 0 aromatic rings. The van der Waals surface area contributed by atoms with Crippen LogP contribution >= 0.6 is 12.2 Å². The van der Waals surface area contributed by atoms with Crippen LogP contribution in [0.25, 0.3) is 0 Å². The second kappa shape index (κ2) is 9.37. The Morgan fingerprint density at radius 3 is 2.64 bits per heavy atom. The van der Waals surface area contributed by atoms with E-state index in [1.165, 1.54) is 0 Å². The quantitative estimate of drug-likeness (QED) is 0.469. The molecular formula is C10H22N2OS. The predicted molar refractivity (Wildman–Crippen MR) is 64.6 cm³/mol. The number of unbranched alkanes of at least 4 members (excludes halogenated alkanes) is 1. The van der Waals surface area contributed by atoms with Crippen LogP contribution in [0, 0.1) is 0 Å². The van der Waals surface area contributed by atoms with Gasteiger partial charge < -0.3 is 15.4 Å². The average molecular weight is 218 g/mol. The number of nitrogens with two attached hydrogens (primary N) is 1. The minimum atomic E-state index is 0.627. The summed E-state index contributed by atoms with van der Waals surface area (Å²) in [6, 6.07) is 0. The number of rotatable bonds is 9. The maximum atomic E-state index is 5.41. The standard InChI is InChI=1S/C10H22N2OS/c1-3-13-9-8-12(2)7-5-4-6-10(11)14/h3-9H2,1-2H3,(H2,11,14). The monoisotopic (exact) mass is 218 g/mol. The summed E-state index contributed by atoms with van der Waals surface area (Å²) in [4.78, 5) is 2.90. The van der Waals surface area contributed by atoms with E-state index in [0.29, 0.717) is 4.99 Å². The Morgan fingerprint density at radius 1 is 1.36 bits per heavy atom. The SMILES string of the molecule is CCOCCN(C)CCCCC(N)=S. The number of nitrogens with zero attached hydrogens (tertiary/aromatic N) is 1. The largest absolute Gasteiger partial charge is 0.393 e. The van der Waals surface area contributed by atoms with Gasteiger partial charge in [-0.15, -0.1) is 0 Å². The number of hydrogen-bond acceptors (Lipinski definition) is 3. The van der Waals surface area contributed by atoms with Crippen molar-refractivity contribution in [3.8, 4) is 0 Å². The van der Waals surface area contributed by atoms with Gasteiger partial charge in [0.1, 0.15) is 0 Å². The third-order valence-electron chi connectivity index (χ3n) is 2.03. The van der Waals surface area contributed by atoms with E-state index >= 15 is 0 Å². The summed E-state index contributed by atoms with van der Waals surface area (Å²) in [5, 5.41) is 0. The van der Waals surface area contributed by atoms with Crippen molar-refractivity contribution in [3.05, 3.63) is 0 Å². The fourth-order valence-electron chi connectivity index (χ4n) is 1.16. The molecule has 0 fully saturated rings. The Morgan fingerprint density at radius 2 is 2.07 bits per heavy atom. The minimum Gasteiger partial charge on any atom is -0.393 e. The second-order valence-corrected chi connectivity index (χ2v) is 3.95. The lowest BCUT2D eigenvalue weighted by Gasteiger charge is -2.15. The number of likely N-dealkylation sites (N-methyl/N-ethyl adjacent to an activating group) is 1. The Bertz CT molecular complexity index is 153. The summed E-state index contributed by atoms with van der Waals surface area (Å²) in [7, 11) is 2.11. The molecule has 0 aliphatic carbocycles. The van der Waals surface area contributed by atoms with Gasteiger partial charge in [0, 0.05) is 13.2 Å². The number of ether oxygens (including phenoxy) is 1. The highest BCUT2D eigenvalue weighted by Gasteiger charge is 1.98. The highest BCUT2D eigenvalue weighted by molar-refractivity contribution is 7.80. The van der Waals surface area contributed by atoms with Crippen molar-refractivity contribution in [1.82, 2.24) is 4.90 Å². The summed E-state index contributed by atoms with van der Waals surface area (Å²) in [5.74, 6) is 0. The molecule has 0 aromatic heterocycles. The molecule has 0 aliphatic heterocycles. The molecule has 0 aromatic carbocycles. The zero-order valence-corrected chi connectivity index (χ0v) is 10.1. The van der Waals surface area contributed by atoms with Gasteiger partial charge in [-0.1, -0.05) is 12.2 Å². The molecule has 0 rings (SSSR count). The fourth-order valence-corrected chi connectivity index (χ4v) is 1.30. The maximum absolute atomic E-state index is 5.41. The fraction of sp³-hybridized carbons (Fsp3) is 0.900. The zero-order valence-electron chi connectivity index (χ0n) is 9.29. The first-order chi connectivity index (χ1) is 6.66. The van der Waals surface area contributed by atoms with Gasteiger partial charge in [-0.05, 0) is 39.8 Å². The van der Waals surface area contributed by atoms with Crippen molar-refractivity contribution in [2.24, 2.45) is 5.73 Å². The normalized spacial score (nSPS) is 10.8. The van der Waals surface area contributed by atoms with E-state index in [2.05, 4.69) is 11.9 Å². The Labute approximate surface area is 92.6 Å². The molecule has 2 N–H and O–H groups in total. The summed E-state index contributed by atoms with van der Waals surface area (Å²) in [6.45, 7) is 5.73. The molecule has 3 nitrogen and oxygen atoms in total. The maximum Gasteiger partial charge on any atom is 0.0727 e. The van der Waals surface area contributed by atoms with Gasteiger partial charge in [0.05, 0.1) is 11.6 Å². The molecule has 84 valence electrons. The van der Waals surface area contributed by atoms with Gasteiger partial charge in [0.25, 0.3) is 0 Å². The number of thiocarbonyl (C=S) groups is 1. The van der Waals surface area contributed by atoms with Gasteiger partial charge in [-0.3, -0.25) is 0 Å².